The maximum atomic E-state index is 12.4. The second kappa shape index (κ2) is 5.05. The molecule has 1 atom stereocenters. The van der Waals surface area contributed by atoms with Crippen molar-refractivity contribution >= 4 is 21.6 Å². The number of methoxy groups -OCH3 is 1. The summed E-state index contributed by atoms with van der Waals surface area (Å²) in [7, 11) is -2.14. The summed E-state index contributed by atoms with van der Waals surface area (Å²) in [6.07, 6.45) is 0.676. The summed E-state index contributed by atoms with van der Waals surface area (Å²) in [5.41, 5.74) is 5.74. The third-order valence-corrected chi connectivity index (χ3v) is 5.07. The zero-order valence-corrected chi connectivity index (χ0v) is 11.5. The van der Waals surface area contributed by atoms with Crippen molar-refractivity contribution in [1.29, 1.82) is 0 Å². The van der Waals surface area contributed by atoms with E-state index in [1.165, 1.54) is 29.6 Å². The molecule has 0 bridgehead atoms. The van der Waals surface area contributed by atoms with Crippen molar-refractivity contribution in [2.45, 2.75) is 17.4 Å². The van der Waals surface area contributed by atoms with Crippen LogP contribution < -0.4 is 10.5 Å². The molecule has 1 aromatic rings. The summed E-state index contributed by atoms with van der Waals surface area (Å²) >= 11 is 5.82. The summed E-state index contributed by atoms with van der Waals surface area (Å²) in [4.78, 5) is 0.128. The van der Waals surface area contributed by atoms with Crippen LogP contribution in [-0.2, 0) is 10.0 Å². The topological polar surface area (TPSA) is 72.6 Å². The first-order chi connectivity index (χ1) is 8.45. The number of rotatable bonds is 3. The molecule has 7 heteroatoms. The molecule has 18 heavy (non-hydrogen) atoms. The van der Waals surface area contributed by atoms with Gasteiger partial charge >= 0.3 is 0 Å². The Morgan fingerprint density at radius 3 is 2.78 bits per heavy atom. The molecule has 1 aromatic carbocycles. The highest BCUT2D eigenvalue weighted by molar-refractivity contribution is 7.89. The summed E-state index contributed by atoms with van der Waals surface area (Å²) in [6.45, 7) is 0.781. The Morgan fingerprint density at radius 1 is 1.50 bits per heavy atom. The van der Waals surface area contributed by atoms with E-state index in [1.54, 1.807) is 0 Å². The Labute approximate surface area is 112 Å². The molecule has 0 unspecified atom stereocenters. The van der Waals surface area contributed by atoms with Crippen LogP contribution in [0.3, 0.4) is 0 Å². The second-order valence-electron chi connectivity index (χ2n) is 4.21. The van der Waals surface area contributed by atoms with Crippen molar-refractivity contribution in [1.82, 2.24) is 4.31 Å². The van der Waals surface area contributed by atoms with Crippen LogP contribution in [0, 0.1) is 0 Å². The predicted octanol–water partition coefficient (Wildman–Crippen LogP) is 1.07. The molecular formula is C11H15ClN2O3S. The van der Waals surface area contributed by atoms with Crippen LogP contribution in [0.15, 0.2) is 23.1 Å². The van der Waals surface area contributed by atoms with Gasteiger partial charge in [0.15, 0.2) is 0 Å². The lowest BCUT2D eigenvalue weighted by Gasteiger charge is -2.17. The van der Waals surface area contributed by atoms with Crippen LogP contribution in [0.5, 0.6) is 5.75 Å². The van der Waals surface area contributed by atoms with E-state index in [-0.39, 0.29) is 16.7 Å². The van der Waals surface area contributed by atoms with E-state index in [0.717, 1.165) is 0 Å². The average molecular weight is 291 g/mol. The summed E-state index contributed by atoms with van der Waals surface area (Å²) < 4.78 is 31.3. The minimum absolute atomic E-state index is 0.0990. The van der Waals surface area contributed by atoms with Gasteiger partial charge < -0.3 is 10.5 Å². The van der Waals surface area contributed by atoms with E-state index in [1.807, 2.05) is 0 Å². The minimum Gasteiger partial charge on any atom is -0.495 e. The van der Waals surface area contributed by atoms with Crippen molar-refractivity contribution in [3.05, 3.63) is 23.2 Å². The highest BCUT2D eigenvalue weighted by Gasteiger charge is 2.32. The molecular weight excluding hydrogens is 276 g/mol. The number of halogens is 1. The maximum Gasteiger partial charge on any atom is 0.246 e. The van der Waals surface area contributed by atoms with Crippen LogP contribution in [0.1, 0.15) is 6.42 Å². The molecule has 1 fully saturated rings. The fourth-order valence-corrected chi connectivity index (χ4v) is 3.78. The van der Waals surface area contributed by atoms with Crippen LogP contribution in [0.25, 0.3) is 0 Å². The van der Waals surface area contributed by atoms with E-state index in [9.17, 15) is 8.42 Å². The van der Waals surface area contributed by atoms with Crippen molar-refractivity contribution < 1.29 is 13.2 Å². The molecule has 0 spiro atoms. The van der Waals surface area contributed by atoms with E-state index in [0.29, 0.717) is 24.5 Å². The van der Waals surface area contributed by atoms with E-state index < -0.39 is 10.0 Å². The third kappa shape index (κ3) is 2.47. The number of hydrogen-bond donors (Lipinski definition) is 1. The lowest BCUT2D eigenvalue weighted by molar-refractivity contribution is 0.398. The first-order valence-corrected chi connectivity index (χ1v) is 7.36. The van der Waals surface area contributed by atoms with Gasteiger partial charge in [0, 0.05) is 30.2 Å². The average Bonchev–Trinajstić information content (AvgIpc) is 2.76. The molecule has 1 aliphatic heterocycles. The molecule has 0 aromatic heterocycles. The monoisotopic (exact) mass is 290 g/mol. The van der Waals surface area contributed by atoms with Gasteiger partial charge in [-0.3, -0.25) is 0 Å². The molecule has 0 amide bonds. The number of ether oxygens (including phenoxy) is 1. The number of hydrogen-bond acceptors (Lipinski definition) is 4. The smallest absolute Gasteiger partial charge is 0.246 e. The predicted molar refractivity (Wildman–Crippen MR) is 69.4 cm³/mol. The zero-order valence-electron chi connectivity index (χ0n) is 9.97. The maximum absolute atomic E-state index is 12.4. The molecule has 2 N–H and O–H groups in total. The van der Waals surface area contributed by atoms with Gasteiger partial charge in [-0.2, -0.15) is 4.31 Å². The third-order valence-electron chi connectivity index (χ3n) is 2.93. The molecule has 0 saturated carbocycles. The Morgan fingerprint density at radius 2 is 2.22 bits per heavy atom. The van der Waals surface area contributed by atoms with Crippen molar-refractivity contribution in [2.75, 3.05) is 20.2 Å². The van der Waals surface area contributed by atoms with Crippen molar-refractivity contribution in [3.63, 3.8) is 0 Å². The second-order valence-corrected chi connectivity index (χ2v) is 6.55. The van der Waals surface area contributed by atoms with E-state index in [4.69, 9.17) is 22.1 Å². The molecule has 1 aliphatic rings. The molecule has 5 nitrogen and oxygen atoms in total. The fourth-order valence-electron chi connectivity index (χ4n) is 1.97. The van der Waals surface area contributed by atoms with Gasteiger partial charge in [0.1, 0.15) is 10.6 Å². The first kappa shape index (κ1) is 13.6. The van der Waals surface area contributed by atoms with Crippen molar-refractivity contribution in [2.24, 2.45) is 5.73 Å². The van der Waals surface area contributed by atoms with Gasteiger partial charge in [0.25, 0.3) is 0 Å². The largest absolute Gasteiger partial charge is 0.495 e. The van der Waals surface area contributed by atoms with Crippen LogP contribution >= 0.6 is 11.6 Å². The summed E-state index contributed by atoms with van der Waals surface area (Å²) in [6, 6.07) is 4.38. The Hall–Kier alpha value is -0.820. The van der Waals surface area contributed by atoms with Gasteiger partial charge in [-0.05, 0) is 18.6 Å². The van der Waals surface area contributed by atoms with Gasteiger partial charge in [-0.15, -0.1) is 0 Å². The number of sulfonamides is 1. The molecule has 0 aliphatic carbocycles. The molecule has 100 valence electrons. The lowest BCUT2D eigenvalue weighted by Crippen LogP contribution is -2.32. The van der Waals surface area contributed by atoms with Gasteiger partial charge in [-0.1, -0.05) is 11.6 Å². The number of benzene rings is 1. The SMILES string of the molecule is COc1cc(Cl)ccc1S(=O)(=O)N1CC[C@H](N)C1. The van der Waals surface area contributed by atoms with E-state index in [2.05, 4.69) is 0 Å². The van der Waals surface area contributed by atoms with Gasteiger partial charge in [0.05, 0.1) is 7.11 Å². The van der Waals surface area contributed by atoms with Crippen LogP contribution in [0.2, 0.25) is 5.02 Å². The van der Waals surface area contributed by atoms with Crippen molar-refractivity contribution in [3.8, 4) is 5.75 Å². The van der Waals surface area contributed by atoms with Crippen LogP contribution in [-0.4, -0.2) is 39.0 Å². The highest BCUT2D eigenvalue weighted by atomic mass is 35.5. The minimum atomic E-state index is -3.56. The molecule has 2 rings (SSSR count). The summed E-state index contributed by atoms with van der Waals surface area (Å²) in [5.74, 6) is 0.253. The first-order valence-electron chi connectivity index (χ1n) is 5.54. The number of nitrogens with two attached hydrogens (primary N) is 1. The Bertz CT molecular complexity index is 547. The van der Waals surface area contributed by atoms with Gasteiger partial charge in [0.2, 0.25) is 10.0 Å². The van der Waals surface area contributed by atoms with Crippen LogP contribution in [0.4, 0.5) is 0 Å². The molecule has 1 heterocycles. The number of nitrogens with zero attached hydrogens (tertiary/aromatic N) is 1. The zero-order chi connectivity index (χ0) is 13.3. The molecule has 0 radical (unpaired) electrons. The summed E-state index contributed by atoms with van der Waals surface area (Å²) in [5, 5.41) is 0.434. The normalized spacial score (nSPS) is 21.2. The van der Waals surface area contributed by atoms with E-state index >= 15 is 0 Å². The fraction of sp³-hybridized carbons (Fsp3) is 0.455. The Kier molecular flexibility index (Phi) is 3.82. The van der Waals surface area contributed by atoms with Gasteiger partial charge in [-0.25, -0.2) is 8.42 Å². The standard InChI is InChI=1S/C11H15ClN2O3S/c1-17-10-6-8(12)2-3-11(10)18(15,16)14-5-4-9(13)7-14/h2-3,6,9H,4-5,7,13H2,1H3/t9-/m0/s1. The molecule has 1 saturated heterocycles. The highest BCUT2D eigenvalue weighted by Crippen LogP contribution is 2.30. The Balaban J connectivity index is 2.41. The quantitative estimate of drug-likeness (QED) is 0.904. The lowest BCUT2D eigenvalue weighted by atomic mass is 10.3.